The second-order valence-electron chi connectivity index (χ2n) is 6.95. The Morgan fingerprint density at radius 3 is 2.92 bits per heavy atom. The molecule has 1 amide bonds. The molecule has 5 heteroatoms. The molecule has 0 saturated carbocycles. The van der Waals surface area contributed by atoms with Crippen molar-refractivity contribution in [1.29, 1.82) is 0 Å². The molecule has 0 N–H and O–H groups in total. The summed E-state index contributed by atoms with van der Waals surface area (Å²) in [5.74, 6) is 2.25. The fourth-order valence-electron chi connectivity index (χ4n) is 3.23. The van der Waals surface area contributed by atoms with E-state index in [4.69, 9.17) is 9.26 Å². The normalized spacial score (nSPS) is 18.0. The summed E-state index contributed by atoms with van der Waals surface area (Å²) in [6, 6.07) is 7.43. The van der Waals surface area contributed by atoms with E-state index in [9.17, 15) is 4.79 Å². The Bertz CT molecular complexity index is 719. The van der Waals surface area contributed by atoms with Gasteiger partial charge >= 0.3 is 0 Å². The van der Waals surface area contributed by atoms with Crippen LogP contribution in [-0.4, -0.2) is 29.1 Å². The molecule has 1 aliphatic heterocycles. The van der Waals surface area contributed by atoms with Crippen LogP contribution < -0.4 is 4.74 Å². The first-order chi connectivity index (χ1) is 12.0. The van der Waals surface area contributed by atoms with Crippen molar-refractivity contribution in [2.75, 3.05) is 13.1 Å². The van der Waals surface area contributed by atoms with E-state index in [1.807, 2.05) is 43.0 Å². The summed E-state index contributed by atoms with van der Waals surface area (Å²) in [6.07, 6.45) is 3.35. The first-order valence-corrected chi connectivity index (χ1v) is 8.98. The number of hydrogen-bond donors (Lipinski definition) is 0. The van der Waals surface area contributed by atoms with Gasteiger partial charge < -0.3 is 14.2 Å². The summed E-state index contributed by atoms with van der Waals surface area (Å²) in [6.45, 7) is 8.10. The van der Waals surface area contributed by atoms with Crippen molar-refractivity contribution in [2.45, 2.75) is 46.6 Å². The quantitative estimate of drug-likeness (QED) is 0.838. The minimum atomic E-state index is 0.0943. The first-order valence-electron chi connectivity index (χ1n) is 8.98. The van der Waals surface area contributed by atoms with Gasteiger partial charge in [-0.05, 0) is 57.2 Å². The summed E-state index contributed by atoms with van der Waals surface area (Å²) in [5, 5.41) is 3.93. The largest absolute Gasteiger partial charge is 0.489 e. The fraction of sp³-hybridized carbons (Fsp3) is 0.500. The number of rotatable bonds is 4. The van der Waals surface area contributed by atoms with E-state index in [1.165, 1.54) is 6.42 Å². The third-order valence-corrected chi connectivity index (χ3v) is 4.95. The molecule has 1 unspecified atom stereocenters. The molecule has 134 valence electrons. The average molecular weight is 342 g/mol. The van der Waals surface area contributed by atoms with Crippen molar-refractivity contribution in [3.63, 3.8) is 0 Å². The molecule has 1 fully saturated rings. The van der Waals surface area contributed by atoms with Crippen LogP contribution in [0.1, 0.15) is 53.6 Å². The molecule has 5 nitrogen and oxygen atoms in total. The molecule has 0 radical (unpaired) electrons. The van der Waals surface area contributed by atoms with Crippen molar-refractivity contribution < 1.29 is 14.1 Å². The van der Waals surface area contributed by atoms with Crippen molar-refractivity contribution in [3.8, 4) is 5.75 Å². The molecule has 1 aromatic heterocycles. The Hall–Kier alpha value is -2.30. The molecule has 0 aliphatic carbocycles. The summed E-state index contributed by atoms with van der Waals surface area (Å²) in [7, 11) is 0. The van der Waals surface area contributed by atoms with Crippen LogP contribution in [0.15, 0.2) is 28.8 Å². The highest BCUT2D eigenvalue weighted by atomic mass is 16.5. The lowest BCUT2D eigenvalue weighted by Crippen LogP contribution is -2.31. The van der Waals surface area contributed by atoms with Gasteiger partial charge in [-0.3, -0.25) is 4.79 Å². The van der Waals surface area contributed by atoms with E-state index < -0.39 is 0 Å². The summed E-state index contributed by atoms with van der Waals surface area (Å²) in [5.41, 5.74) is 2.48. The predicted molar refractivity (Wildman–Crippen MR) is 95.7 cm³/mol. The highest BCUT2D eigenvalue weighted by Crippen LogP contribution is 2.21. The lowest BCUT2D eigenvalue weighted by Gasteiger charge is -2.20. The molecule has 25 heavy (non-hydrogen) atoms. The van der Waals surface area contributed by atoms with Crippen LogP contribution in [0.2, 0.25) is 0 Å². The molecular formula is C20H26N2O3. The number of nitrogens with zero attached hydrogens (tertiary/aromatic N) is 2. The molecule has 0 spiro atoms. The summed E-state index contributed by atoms with van der Waals surface area (Å²) < 4.78 is 11.0. The van der Waals surface area contributed by atoms with E-state index >= 15 is 0 Å². The standard InChI is InChI=1S/C20H26N2O3/c1-14-6-5-10-22(11-9-14)20(23)17-7-4-8-18(12-17)24-13-19-15(2)21-25-16(19)3/h4,7-8,12,14H,5-6,9-11,13H2,1-3H3. The van der Waals surface area contributed by atoms with Crippen LogP contribution in [0, 0.1) is 19.8 Å². The third kappa shape index (κ3) is 4.21. The number of ether oxygens (including phenoxy) is 1. The zero-order valence-corrected chi connectivity index (χ0v) is 15.2. The lowest BCUT2D eigenvalue weighted by molar-refractivity contribution is 0.0760. The number of aromatic nitrogens is 1. The molecule has 2 aromatic rings. The van der Waals surface area contributed by atoms with Gasteiger partial charge in [0.05, 0.1) is 11.3 Å². The highest BCUT2D eigenvalue weighted by Gasteiger charge is 2.20. The van der Waals surface area contributed by atoms with Crippen LogP contribution in [0.25, 0.3) is 0 Å². The van der Waals surface area contributed by atoms with Crippen molar-refractivity contribution in [2.24, 2.45) is 5.92 Å². The van der Waals surface area contributed by atoms with Gasteiger partial charge in [0.1, 0.15) is 18.1 Å². The number of carbonyl (C=O) groups is 1. The smallest absolute Gasteiger partial charge is 0.253 e. The Balaban J connectivity index is 1.67. The van der Waals surface area contributed by atoms with E-state index in [1.54, 1.807) is 0 Å². The first kappa shape index (κ1) is 17.5. The van der Waals surface area contributed by atoms with Crippen LogP contribution in [0.3, 0.4) is 0 Å². The van der Waals surface area contributed by atoms with Gasteiger partial charge in [-0.1, -0.05) is 18.1 Å². The zero-order chi connectivity index (χ0) is 17.8. The lowest BCUT2D eigenvalue weighted by atomic mass is 10.0. The van der Waals surface area contributed by atoms with Gasteiger partial charge in [0, 0.05) is 18.7 Å². The predicted octanol–water partition coefficient (Wildman–Crippen LogP) is 4.13. The third-order valence-electron chi connectivity index (χ3n) is 4.95. The molecule has 2 heterocycles. The number of carbonyl (C=O) groups excluding carboxylic acids is 1. The van der Waals surface area contributed by atoms with Gasteiger partial charge in [-0.2, -0.15) is 0 Å². The zero-order valence-electron chi connectivity index (χ0n) is 15.2. The van der Waals surface area contributed by atoms with Gasteiger partial charge in [-0.25, -0.2) is 0 Å². The number of benzene rings is 1. The van der Waals surface area contributed by atoms with Crippen LogP contribution in [-0.2, 0) is 6.61 Å². The molecule has 1 aromatic carbocycles. The van der Waals surface area contributed by atoms with Crippen molar-refractivity contribution in [3.05, 3.63) is 46.8 Å². The average Bonchev–Trinajstić information content (AvgIpc) is 2.80. The number of hydrogen-bond acceptors (Lipinski definition) is 4. The monoisotopic (exact) mass is 342 g/mol. The number of amides is 1. The van der Waals surface area contributed by atoms with Crippen LogP contribution in [0.4, 0.5) is 0 Å². The van der Waals surface area contributed by atoms with Gasteiger partial charge in [0.15, 0.2) is 0 Å². The highest BCUT2D eigenvalue weighted by molar-refractivity contribution is 5.94. The molecule has 1 saturated heterocycles. The summed E-state index contributed by atoms with van der Waals surface area (Å²) >= 11 is 0. The van der Waals surface area contributed by atoms with E-state index in [0.29, 0.717) is 23.8 Å². The Morgan fingerprint density at radius 1 is 1.32 bits per heavy atom. The SMILES string of the molecule is Cc1noc(C)c1COc1cccc(C(=O)N2CCCC(C)CC2)c1. The number of aryl methyl sites for hydroxylation is 2. The van der Waals surface area contributed by atoms with Crippen molar-refractivity contribution >= 4 is 5.91 Å². The Labute approximate surface area is 148 Å². The van der Waals surface area contributed by atoms with E-state index in [0.717, 1.165) is 42.9 Å². The topological polar surface area (TPSA) is 55.6 Å². The Kier molecular flexibility index (Phi) is 5.41. The van der Waals surface area contributed by atoms with Gasteiger partial charge in [-0.15, -0.1) is 0 Å². The van der Waals surface area contributed by atoms with E-state index in [-0.39, 0.29) is 5.91 Å². The fourth-order valence-corrected chi connectivity index (χ4v) is 3.23. The molecule has 0 bridgehead atoms. The van der Waals surface area contributed by atoms with Crippen molar-refractivity contribution in [1.82, 2.24) is 10.1 Å². The van der Waals surface area contributed by atoms with Crippen LogP contribution >= 0.6 is 0 Å². The van der Waals surface area contributed by atoms with E-state index in [2.05, 4.69) is 12.1 Å². The number of likely N-dealkylation sites (tertiary alicyclic amines) is 1. The second-order valence-corrected chi connectivity index (χ2v) is 6.95. The molecular weight excluding hydrogens is 316 g/mol. The van der Waals surface area contributed by atoms with Gasteiger partial charge in [0.2, 0.25) is 0 Å². The maximum atomic E-state index is 12.8. The molecule has 3 rings (SSSR count). The second kappa shape index (κ2) is 7.72. The summed E-state index contributed by atoms with van der Waals surface area (Å²) in [4.78, 5) is 14.8. The Morgan fingerprint density at radius 2 is 2.16 bits per heavy atom. The van der Waals surface area contributed by atoms with Crippen LogP contribution in [0.5, 0.6) is 5.75 Å². The minimum Gasteiger partial charge on any atom is -0.489 e. The minimum absolute atomic E-state index is 0.0943. The maximum absolute atomic E-state index is 12.8. The molecule has 1 atom stereocenters. The molecule has 1 aliphatic rings. The maximum Gasteiger partial charge on any atom is 0.253 e. The van der Waals surface area contributed by atoms with Gasteiger partial charge in [0.25, 0.3) is 5.91 Å².